The number of hydrogen-bond acceptors (Lipinski definition) is 16. The normalized spacial score (nSPS) is 14.4. The molecule has 2 aliphatic heterocycles. The molecule has 88 heavy (non-hydrogen) atoms. The Hall–Kier alpha value is -8.04. The number of aromatic nitrogens is 6. The van der Waals surface area contributed by atoms with Crippen LogP contribution in [0.4, 0.5) is 23.5 Å². The number of para-hydroxylation sites is 2. The smallest absolute Gasteiger partial charge is 0.423 e. The fourth-order valence-electron chi connectivity index (χ4n) is 10.6. The van der Waals surface area contributed by atoms with Crippen molar-refractivity contribution in [1.82, 2.24) is 37.7 Å². The molecule has 452 valence electrons. The van der Waals surface area contributed by atoms with E-state index in [4.69, 9.17) is 44.7 Å². The molecule has 0 amide bonds. The summed E-state index contributed by atoms with van der Waals surface area (Å²) in [5.74, 6) is 1.17. The first-order valence-corrected chi connectivity index (χ1v) is 32.4. The molecule has 2 atom stereocenters. The number of fused-ring (bicyclic) bond motifs is 2. The number of nitrogens with one attached hydrogen (secondary N) is 2. The van der Waals surface area contributed by atoms with Gasteiger partial charge in [-0.2, -0.15) is 18.6 Å². The van der Waals surface area contributed by atoms with Crippen molar-refractivity contribution in [2.75, 3.05) is 48.3 Å². The summed E-state index contributed by atoms with van der Waals surface area (Å²) in [5, 5.41) is 28.0. The molecule has 2 saturated heterocycles. The highest BCUT2D eigenvalue weighted by molar-refractivity contribution is 9.10. The molecular weight excluding hydrogens is 1270 g/mol. The summed E-state index contributed by atoms with van der Waals surface area (Å²) >= 11 is 16.3. The molecule has 0 spiro atoms. The summed E-state index contributed by atoms with van der Waals surface area (Å²) in [4.78, 5) is 44.5. The molecule has 8 N–H and O–H groups in total. The third kappa shape index (κ3) is 13.6. The van der Waals surface area contributed by atoms with Crippen LogP contribution < -0.4 is 38.7 Å². The molecule has 20 nitrogen and oxygen atoms in total. The van der Waals surface area contributed by atoms with Gasteiger partial charge in [-0.1, -0.05) is 108 Å². The standard InChI is InChI=1S/C31H29ClN6O3S.C21H17BrClN5O.C10H14BNO4S/c1-20(27-18-22-10-8-14-26(32)28(22)30(39)38(27)23-11-3-2-4-12-23)35-29-25(19-34-31(33)36-29)21-9-7-13-24(17-21)42(40,41)37-15-5-6-16-37;1-12(26-19-15(22)11-25-21(24)27-19)17-10-13-6-5-9-16(23)18(13)20(29)28(17)14-7-3-2-4-8-14;13-11(14)9-4-3-5-10(8-9)17(15,16)12-6-1-2-7-12/h2-4,7-14,17-20H,5-6,15-16H2,1H3,(H3,33,34,35,36);2-12H,1H3,(H3,24,25,26,27);3-5,8,13-14H,1-2,6-7H2/t20-;12-;/m00./s1. The summed E-state index contributed by atoms with van der Waals surface area (Å²) in [7, 11) is -8.76. The minimum atomic E-state index is -3.62. The summed E-state index contributed by atoms with van der Waals surface area (Å²) in [6.45, 7) is 5.97. The lowest BCUT2D eigenvalue weighted by Gasteiger charge is -2.23. The summed E-state index contributed by atoms with van der Waals surface area (Å²) in [6, 6.07) is 45.3. The van der Waals surface area contributed by atoms with E-state index in [9.17, 15) is 26.4 Å². The van der Waals surface area contributed by atoms with Crippen LogP contribution in [0, 0.1) is 0 Å². The SMILES string of the molecule is C[C@H](Nc1nc(N)ncc1-c1cccc(S(=O)(=O)N2CCCC2)c1)c1cc2cccc(Cl)c2c(=O)n1-c1ccccc1.C[C@H](Nc1nc(N)ncc1Br)c1cc2cccc(Cl)c2c(=O)n1-c1ccccc1.O=S(=O)(c1cccc(B(O)O)c1)N1CCCC1. The molecular formula is C62H60BBrCl2N12O8S2. The molecule has 0 saturated carbocycles. The van der Waals surface area contributed by atoms with Gasteiger partial charge in [0.05, 0.1) is 47.2 Å². The van der Waals surface area contributed by atoms with Crippen molar-refractivity contribution in [3.05, 3.63) is 217 Å². The number of rotatable bonds is 14. The Morgan fingerprint density at radius 2 is 0.989 bits per heavy atom. The average molecular weight is 1330 g/mol. The Morgan fingerprint density at radius 1 is 0.557 bits per heavy atom. The zero-order chi connectivity index (χ0) is 62.4. The highest BCUT2D eigenvalue weighted by atomic mass is 79.9. The number of halogens is 3. The molecule has 2 fully saturated rings. The van der Waals surface area contributed by atoms with E-state index in [-0.39, 0.29) is 44.3 Å². The number of sulfonamides is 2. The van der Waals surface area contributed by atoms with E-state index in [1.165, 1.54) is 32.9 Å². The van der Waals surface area contributed by atoms with Gasteiger partial charge in [-0.05, 0) is 150 Å². The number of benzene rings is 6. The van der Waals surface area contributed by atoms with Gasteiger partial charge in [-0.3, -0.25) is 18.7 Å². The minimum absolute atomic E-state index is 0.0556. The second-order valence-electron chi connectivity index (χ2n) is 20.8. The van der Waals surface area contributed by atoms with E-state index in [2.05, 4.69) is 46.5 Å². The predicted octanol–water partition coefficient (Wildman–Crippen LogP) is 9.74. The lowest BCUT2D eigenvalue weighted by molar-refractivity contribution is 0.425. The van der Waals surface area contributed by atoms with E-state index in [0.29, 0.717) is 91.0 Å². The number of nitrogens with two attached hydrogens (primary N) is 2. The van der Waals surface area contributed by atoms with Crippen LogP contribution in [0.5, 0.6) is 0 Å². The number of anilines is 4. The van der Waals surface area contributed by atoms with Crippen LogP contribution in [0.15, 0.2) is 194 Å². The largest absolute Gasteiger partial charge is 0.488 e. The maximum atomic E-state index is 13.9. The number of pyridine rings is 2. The molecule has 0 bridgehead atoms. The number of nitrogens with zero attached hydrogens (tertiary/aromatic N) is 8. The fraction of sp³-hybridized carbons (Fsp3) is 0.194. The molecule has 0 radical (unpaired) electrons. The quantitative estimate of drug-likeness (QED) is 0.0552. The fourth-order valence-corrected chi connectivity index (χ4v) is 14.5. The number of nitrogen functional groups attached to an aromatic ring is 2. The van der Waals surface area contributed by atoms with E-state index in [1.54, 1.807) is 51.9 Å². The van der Waals surface area contributed by atoms with Gasteiger partial charge in [0.2, 0.25) is 31.9 Å². The van der Waals surface area contributed by atoms with Crippen LogP contribution in [0.2, 0.25) is 10.0 Å². The molecule has 2 aliphatic rings. The van der Waals surface area contributed by atoms with Gasteiger partial charge in [0.15, 0.2) is 0 Å². The van der Waals surface area contributed by atoms with Crippen LogP contribution in [0.1, 0.15) is 63.0 Å². The second kappa shape index (κ2) is 27.1. The molecule has 4 aromatic heterocycles. The Morgan fingerprint density at radius 3 is 1.48 bits per heavy atom. The van der Waals surface area contributed by atoms with Crippen molar-refractivity contribution in [2.45, 2.75) is 61.4 Å². The lowest BCUT2D eigenvalue weighted by atomic mass is 9.80. The van der Waals surface area contributed by atoms with Gasteiger partial charge in [-0.25, -0.2) is 26.8 Å². The zero-order valence-electron chi connectivity index (χ0n) is 47.6. The summed E-state index contributed by atoms with van der Waals surface area (Å²) in [5.41, 5.74) is 15.6. The maximum absolute atomic E-state index is 13.9. The van der Waals surface area contributed by atoms with Crippen molar-refractivity contribution < 1.29 is 26.9 Å². The molecule has 26 heteroatoms. The van der Waals surface area contributed by atoms with Crippen LogP contribution in [0.25, 0.3) is 44.0 Å². The lowest BCUT2D eigenvalue weighted by Crippen LogP contribution is -2.32. The van der Waals surface area contributed by atoms with E-state index in [1.807, 2.05) is 117 Å². The van der Waals surface area contributed by atoms with Crippen molar-refractivity contribution >= 4 is 117 Å². The van der Waals surface area contributed by atoms with Crippen LogP contribution in [-0.4, -0.2) is 97.9 Å². The highest BCUT2D eigenvalue weighted by Gasteiger charge is 2.30. The molecule has 6 aromatic carbocycles. The summed E-state index contributed by atoms with van der Waals surface area (Å²) in [6.07, 6.45) is 6.62. The molecule has 10 aromatic rings. The minimum Gasteiger partial charge on any atom is -0.423 e. The molecule has 12 rings (SSSR count). The highest BCUT2D eigenvalue weighted by Crippen LogP contribution is 2.35. The Balaban J connectivity index is 0.000000160. The molecule has 0 unspecified atom stereocenters. The van der Waals surface area contributed by atoms with Crippen molar-refractivity contribution in [3.63, 3.8) is 0 Å². The summed E-state index contributed by atoms with van der Waals surface area (Å²) < 4.78 is 57.8. The predicted molar refractivity (Wildman–Crippen MR) is 351 cm³/mol. The van der Waals surface area contributed by atoms with Crippen LogP contribution in [-0.2, 0) is 20.0 Å². The van der Waals surface area contributed by atoms with E-state index in [0.717, 1.165) is 42.5 Å². The Bertz CT molecular complexity index is 4570. The van der Waals surface area contributed by atoms with Crippen molar-refractivity contribution in [3.8, 4) is 22.5 Å². The topological polar surface area (TPSA) is 287 Å². The van der Waals surface area contributed by atoms with Gasteiger partial charge in [0.25, 0.3) is 11.1 Å². The third-order valence-corrected chi connectivity index (χ3v) is 19.9. The monoisotopic (exact) mass is 1320 g/mol. The average Bonchev–Trinajstić information content (AvgIpc) is 1.31. The van der Waals surface area contributed by atoms with Gasteiger partial charge >= 0.3 is 7.12 Å². The second-order valence-corrected chi connectivity index (χ2v) is 26.4. The third-order valence-electron chi connectivity index (χ3n) is 14.9. The number of hydrogen-bond donors (Lipinski definition) is 6. The van der Waals surface area contributed by atoms with Gasteiger partial charge in [0, 0.05) is 66.9 Å². The maximum Gasteiger partial charge on any atom is 0.488 e. The van der Waals surface area contributed by atoms with Crippen LogP contribution >= 0.6 is 39.1 Å². The van der Waals surface area contributed by atoms with Crippen molar-refractivity contribution in [2.24, 2.45) is 0 Å². The molecule has 0 aliphatic carbocycles. The van der Waals surface area contributed by atoms with Gasteiger partial charge in [-0.15, -0.1) is 0 Å². The van der Waals surface area contributed by atoms with Crippen molar-refractivity contribution in [1.29, 1.82) is 0 Å². The van der Waals surface area contributed by atoms with Gasteiger partial charge < -0.3 is 32.1 Å². The zero-order valence-corrected chi connectivity index (χ0v) is 52.3. The van der Waals surface area contributed by atoms with Gasteiger partial charge in [0.1, 0.15) is 11.6 Å². The van der Waals surface area contributed by atoms with Crippen LogP contribution in [0.3, 0.4) is 0 Å². The first-order valence-electron chi connectivity index (χ1n) is 28.0. The first kappa shape index (κ1) is 63.0. The van der Waals surface area contributed by atoms with E-state index >= 15 is 0 Å². The Kier molecular flexibility index (Phi) is 19.4. The first-order chi connectivity index (χ1) is 42.2. The van der Waals surface area contributed by atoms with E-state index < -0.39 is 33.2 Å². The Labute approximate surface area is 526 Å². The molecule has 6 heterocycles.